The van der Waals surface area contributed by atoms with Crippen molar-refractivity contribution in [2.24, 2.45) is 0 Å². The van der Waals surface area contributed by atoms with E-state index in [0.717, 1.165) is 19.5 Å². The smallest absolute Gasteiger partial charge is 0.112 e. The standard InChI is InChI=1S/C27H20ClNPSe.ClHO4/c28-25-26(29-27(31-25)21-13-5-1-6-14-21)30(22-15-7-2-8-16-22,23-17-9-3-10-18-23)24-19-11-4-12-20-24;2-1(3,4)5/h1-20H;(H,2,3,4,5)/q+1;/p-1. The van der Waals surface area contributed by atoms with Crippen molar-refractivity contribution in [1.82, 2.24) is 4.98 Å². The summed E-state index contributed by atoms with van der Waals surface area (Å²) in [5.74, 6) is 0. The number of benzene rings is 4. The van der Waals surface area contributed by atoms with Crippen LogP contribution in [0.3, 0.4) is 0 Å². The Bertz CT molecular complexity index is 1280. The first-order valence-electron chi connectivity index (χ1n) is 10.7. The Kier molecular flexibility index (Phi) is 8.76. The maximum atomic E-state index is 8.49. The molecule has 182 valence electrons. The molecule has 5 aromatic rings. The van der Waals surface area contributed by atoms with Crippen LogP contribution < -0.4 is 40.0 Å². The molecule has 0 spiro atoms. The molecule has 0 aliphatic carbocycles. The van der Waals surface area contributed by atoms with Gasteiger partial charge in [0, 0.05) is 0 Å². The summed E-state index contributed by atoms with van der Waals surface area (Å²) in [7, 11) is -7.18. The quantitative estimate of drug-likeness (QED) is 0.213. The van der Waals surface area contributed by atoms with Crippen LogP contribution in [0.1, 0.15) is 0 Å². The molecule has 36 heavy (non-hydrogen) atoms. The topological polar surface area (TPSA) is 105 Å². The van der Waals surface area contributed by atoms with Gasteiger partial charge in [0.2, 0.25) is 0 Å². The number of aromatic nitrogens is 1. The van der Waals surface area contributed by atoms with Crippen LogP contribution in [0.15, 0.2) is 121 Å². The van der Waals surface area contributed by atoms with Gasteiger partial charge >= 0.3 is 195 Å². The van der Waals surface area contributed by atoms with Crippen molar-refractivity contribution in [2.75, 3.05) is 0 Å². The van der Waals surface area contributed by atoms with E-state index in [-0.39, 0.29) is 14.5 Å². The van der Waals surface area contributed by atoms with Crippen LogP contribution in [0.25, 0.3) is 10.1 Å². The van der Waals surface area contributed by atoms with Gasteiger partial charge in [0.05, 0.1) is 0 Å². The van der Waals surface area contributed by atoms with Crippen molar-refractivity contribution < 1.29 is 28.9 Å². The van der Waals surface area contributed by atoms with Crippen molar-refractivity contribution in [3.05, 3.63) is 125 Å². The van der Waals surface area contributed by atoms with Crippen molar-refractivity contribution in [1.29, 1.82) is 0 Å². The third-order valence-corrected chi connectivity index (χ3v) is 12.4. The molecule has 0 atom stereocenters. The fraction of sp³-hybridized carbons (Fsp3) is 0. The minimum absolute atomic E-state index is 0.0121. The van der Waals surface area contributed by atoms with Gasteiger partial charge in [-0.15, -0.1) is 10.2 Å². The summed E-state index contributed by atoms with van der Waals surface area (Å²) < 4.78 is 36.0. The Balaban J connectivity index is 0.000000556. The van der Waals surface area contributed by atoms with Gasteiger partial charge in [0.15, 0.2) is 0 Å². The molecular formula is C27H20Cl2NO4PSe. The number of hydrogen-bond acceptors (Lipinski definition) is 5. The fourth-order valence-corrected chi connectivity index (χ4v) is 11.5. The van der Waals surface area contributed by atoms with Gasteiger partial charge in [-0.3, -0.25) is 0 Å². The predicted octanol–water partition coefficient (Wildman–Crippen LogP) is 0.322. The van der Waals surface area contributed by atoms with E-state index in [2.05, 4.69) is 115 Å². The molecule has 0 N–H and O–H groups in total. The second-order valence-corrected chi connectivity index (χ2v) is 14.6. The number of rotatable bonds is 5. The minimum Gasteiger partial charge on any atom is -0.222 e. The van der Waals surface area contributed by atoms with Gasteiger partial charge < -0.3 is 0 Å². The van der Waals surface area contributed by atoms with Gasteiger partial charge in [0.1, 0.15) is 0 Å². The van der Waals surface area contributed by atoms with Gasteiger partial charge in [-0.05, 0) is 0 Å². The fourth-order valence-electron chi connectivity index (χ4n) is 3.97. The SMILES string of the molecule is Clc1[se]c(-c2ccccc2)nc1[P+](c1ccccc1)(c1ccccc1)c1ccccc1.[O-][Cl+3]([O-])([O-])[O-]. The maximum Gasteiger partial charge on any atom is -0.112 e. The van der Waals surface area contributed by atoms with Crippen LogP contribution in [0.4, 0.5) is 0 Å². The molecule has 0 saturated carbocycles. The number of halogens is 2. The molecule has 1 aromatic heterocycles. The summed E-state index contributed by atoms with van der Waals surface area (Å²) in [5, 5.41) is 3.82. The summed E-state index contributed by atoms with van der Waals surface area (Å²) in [6.07, 6.45) is 0. The van der Waals surface area contributed by atoms with Crippen molar-refractivity contribution in [3.8, 4) is 10.1 Å². The van der Waals surface area contributed by atoms with Gasteiger partial charge in [-0.1, -0.05) is 0 Å². The van der Waals surface area contributed by atoms with E-state index in [4.69, 9.17) is 35.2 Å². The predicted molar refractivity (Wildman–Crippen MR) is 136 cm³/mol. The van der Waals surface area contributed by atoms with Crippen LogP contribution in [0.5, 0.6) is 0 Å². The summed E-state index contributed by atoms with van der Waals surface area (Å²) in [5.41, 5.74) is 2.19. The molecule has 0 bridgehead atoms. The first-order chi connectivity index (χ1) is 17.3. The van der Waals surface area contributed by atoms with Gasteiger partial charge in [0.25, 0.3) is 0 Å². The van der Waals surface area contributed by atoms with E-state index in [1.807, 2.05) is 6.07 Å². The Labute approximate surface area is 223 Å². The van der Waals surface area contributed by atoms with Crippen molar-refractivity contribution in [3.63, 3.8) is 0 Å². The molecule has 0 radical (unpaired) electrons. The molecule has 9 heteroatoms. The summed E-state index contributed by atoms with van der Waals surface area (Å²) in [6.45, 7) is 0. The van der Waals surface area contributed by atoms with Crippen LogP contribution >= 0.6 is 18.9 Å². The van der Waals surface area contributed by atoms with E-state index in [1.54, 1.807) is 0 Å². The second-order valence-electron chi connectivity index (χ2n) is 7.54. The van der Waals surface area contributed by atoms with Crippen LogP contribution in [-0.2, 0) is 0 Å². The largest absolute Gasteiger partial charge is 0.222 e. The number of nitrogens with zero attached hydrogens (tertiary/aromatic N) is 1. The zero-order valence-electron chi connectivity index (χ0n) is 18.7. The molecule has 0 unspecified atom stereocenters. The van der Waals surface area contributed by atoms with Gasteiger partial charge in [-0.2, -0.15) is 0 Å². The minimum atomic E-state index is -4.94. The molecule has 0 aliphatic heterocycles. The molecule has 1 heterocycles. The first kappa shape index (κ1) is 26.7. The Morgan fingerprint density at radius 3 is 1.28 bits per heavy atom. The van der Waals surface area contributed by atoms with E-state index >= 15 is 0 Å². The molecular weight excluding hydrogens is 583 g/mol. The summed E-state index contributed by atoms with van der Waals surface area (Å²) in [4.78, 5) is 5.28. The zero-order chi connectivity index (χ0) is 25.6. The zero-order valence-corrected chi connectivity index (χ0v) is 22.9. The first-order valence-corrected chi connectivity index (χ1v) is 15.8. The molecule has 4 aromatic carbocycles. The second kappa shape index (κ2) is 11.8. The Hall–Kier alpha value is -2.34. The van der Waals surface area contributed by atoms with Gasteiger partial charge in [-0.25, -0.2) is 18.6 Å². The molecule has 0 amide bonds. The molecule has 0 saturated heterocycles. The third kappa shape index (κ3) is 6.13. The van der Waals surface area contributed by atoms with Crippen LogP contribution in [0.2, 0.25) is 3.90 Å². The molecule has 0 fully saturated rings. The van der Waals surface area contributed by atoms with Crippen molar-refractivity contribution in [2.45, 2.75) is 0 Å². The van der Waals surface area contributed by atoms with E-state index in [0.29, 0.717) is 0 Å². The van der Waals surface area contributed by atoms with Crippen molar-refractivity contribution >= 4 is 54.7 Å². The third-order valence-electron chi connectivity index (χ3n) is 5.34. The summed E-state index contributed by atoms with van der Waals surface area (Å²) in [6, 6.07) is 42.7. The summed E-state index contributed by atoms with van der Waals surface area (Å²) >= 11 is 7.07. The van der Waals surface area contributed by atoms with E-state index in [9.17, 15) is 0 Å². The maximum absolute atomic E-state index is 8.49. The molecule has 5 rings (SSSR count). The Morgan fingerprint density at radius 1 is 0.583 bits per heavy atom. The Morgan fingerprint density at radius 2 is 0.917 bits per heavy atom. The monoisotopic (exact) mass is 603 g/mol. The molecule has 5 nitrogen and oxygen atoms in total. The van der Waals surface area contributed by atoms with Crippen LogP contribution in [0, 0.1) is 10.2 Å². The number of hydrogen-bond donors (Lipinski definition) is 0. The average molecular weight is 603 g/mol. The average Bonchev–Trinajstić information content (AvgIpc) is 3.28. The van der Waals surface area contributed by atoms with E-state index < -0.39 is 17.5 Å². The molecule has 0 aliphatic rings. The normalized spacial score (nSPS) is 11.5. The van der Waals surface area contributed by atoms with E-state index in [1.165, 1.54) is 15.9 Å². The van der Waals surface area contributed by atoms with Crippen LogP contribution in [-0.4, -0.2) is 19.5 Å².